The fourth-order valence-electron chi connectivity index (χ4n) is 1.97. The van der Waals surface area contributed by atoms with Crippen LogP contribution in [0.1, 0.15) is 0 Å². The van der Waals surface area contributed by atoms with E-state index in [4.69, 9.17) is 10.6 Å². The van der Waals surface area contributed by atoms with Gasteiger partial charge in [-0.05, 0) is 12.1 Å². The molecule has 0 fully saturated rings. The van der Waals surface area contributed by atoms with E-state index in [0.29, 0.717) is 24.8 Å². The van der Waals surface area contributed by atoms with Crippen LogP contribution in [0.25, 0.3) is 5.65 Å². The molecule has 7 nitrogen and oxygen atoms in total. The molecule has 3 rings (SSSR count). The average Bonchev–Trinajstić information content (AvgIpc) is 3.00. The highest BCUT2D eigenvalue weighted by Gasteiger charge is 2.06. The number of benzene rings is 1. The van der Waals surface area contributed by atoms with Crippen LogP contribution < -0.4 is 21.3 Å². The minimum Gasteiger partial charge on any atom is -0.492 e. The van der Waals surface area contributed by atoms with Crippen molar-refractivity contribution < 1.29 is 4.74 Å². The van der Waals surface area contributed by atoms with Crippen LogP contribution in [0.2, 0.25) is 0 Å². The van der Waals surface area contributed by atoms with Gasteiger partial charge in [0.2, 0.25) is 0 Å². The van der Waals surface area contributed by atoms with Crippen LogP contribution in [-0.2, 0) is 0 Å². The summed E-state index contributed by atoms with van der Waals surface area (Å²) in [5.74, 6) is 7.48. The summed E-state index contributed by atoms with van der Waals surface area (Å²) in [7, 11) is 0. The van der Waals surface area contributed by atoms with E-state index in [0.717, 1.165) is 11.4 Å². The number of anilines is 2. The first-order valence-electron chi connectivity index (χ1n) is 6.59. The second-order valence-electron chi connectivity index (χ2n) is 4.37. The Balaban J connectivity index is 1.63. The highest BCUT2D eigenvalue weighted by atomic mass is 16.5. The third-order valence-corrected chi connectivity index (χ3v) is 2.93. The van der Waals surface area contributed by atoms with Crippen molar-refractivity contribution in [2.75, 3.05) is 23.9 Å². The van der Waals surface area contributed by atoms with E-state index in [9.17, 15) is 0 Å². The smallest absolute Gasteiger partial charge is 0.180 e. The van der Waals surface area contributed by atoms with Crippen molar-refractivity contribution >= 4 is 17.3 Å². The number of nitrogen functional groups attached to an aromatic ring is 1. The number of hydrogen-bond acceptors (Lipinski definition) is 6. The first kappa shape index (κ1) is 13.2. The molecular weight excluding hydrogens is 268 g/mol. The zero-order valence-corrected chi connectivity index (χ0v) is 11.4. The summed E-state index contributed by atoms with van der Waals surface area (Å²) >= 11 is 0. The first-order valence-corrected chi connectivity index (χ1v) is 6.59. The summed E-state index contributed by atoms with van der Waals surface area (Å²) in [5, 5.41) is 3.20. The Hall–Kier alpha value is -2.80. The van der Waals surface area contributed by atoms with E-state index in [1.54, 1.807) is 12.4 Å². The summed E-state index contributed by atoms with van der Waals surface area (Å²) < 4.78 is 7.47. The van der Waals surface area contributed by atoms with Gasteiger partial charge in [0.1, 0.15) is 12.4 Å². The van der Waals surface area contributed by atoms with Crippen molar-refractivity contribution in [2.45, 2.75) is 0 Å². The number of nitrogens with zero attached hydrogens (tertiary/aromatic N) is 3. The van der Waals surface area contributed by atoms with E-state index in [2.05, 4.69) is 20.7 Å². The summed E-state index contributed by atoms with van der Waals surface area (Å²) in [6.07, 6.45) is 5.32. The van der Waals surface area contributed by atoms with E-state index in [1.807, 2.05) is 40.9 Å². The van der Waals surface area contributed by atoms with Gasteiger partial charge in [-0.3, -0.25) is 0 Å². The molecule has 0 aliphatic rings. The lowest BCUT2D eigenvalue weighted by molar-refractivity contribution is 0.333. The van der Waals surface area contributed by atoms with Gasteiger partial charge < -0.3 is 19.9 Å². The molecule has 2 aromatic heterocycles. The van der Waals surface area contributed by atoms with Crippen LogP contribution in [0.15, 0.2) is 48.9 Å². The standard InChI is InChI=1S/C14H16N6O/c15-19-12-10-20-8-6-17-14(20)13(18-12)16-7-9-21-11-4-2-1-3-5-11/h1-6,8,10,19H,7,9,15H2,(H,16,18). The Labute approximate surface area is 121 Å². The van der Waals surface area contributed by atoms with Gasteiger partial charge >= 0.3 is 0 Å². The Bertz CT molecular complexity index is 712. The van der Waals surface area contributed by atoms with Gasteiger partial charge in [0.25, 0.3) is 0 Å². The van der Waals surface area contributed by atoms with Crippen LogP contribution in [-0.4, -0.2) is 27.5 Å². The van der Waals surface area contributed by atoms with E-state index in [-0.39, 0.29) is 0 Å². The number of hydrogen-bond donors (Lipinski definition) is 3. The number of imidazole rings is 1. The van der Waals surface area contributed by atoms with Gasteiger partial charge in [0.05, 0.1) is 12.7 Å². The molecule has 0 amide bonds. The van der Waals surface area contributed by atoms with Crippen LogP contribution in [0.3, 0.4) is 0 Å². The zero-order valence-electron chi connectivity index (χ0n) is 11.4. The second-order valence-corrected chi connectivity index (χ2v) is 4.37. The Kier molecular flexibility index (Phi) is 3.83. The van der Waals surface area contributed by atoms with Crippen molar-refractivity contribution in [3.05, 3.63) is 48.9 Å². The number of nitrogens with two attached hydrogens (primary N) is 1. The normalized spacial score (nSPS) is 10.5. The zero-order chi connectivity index (χ0) is 14.5. The first-order chi connectivity index (χ1) is 10.4. The average molecular weight is 284 g/mol. The highest BCUT2D eigenvalue weighted by Crippen LogP contribution is 2.15. The fraction of sp³-hybridized carbons (Fsp3) is 0.143. The topological polar surface area (TPSA) is 89.5 Å². The van der Waals surface area contributed by atoms with Gasteiger partial charge in [0.15, 0.2) is 17.3 Å². The van der Waals surface area contributed by atoms with Crippen LogP contribution in [0.5, 0.6) is 5.75 Å². The van der Waals surface area contributed by atoms with E-state index in [1.165, 1.54) is 0 Å². The van der Waals surface area contributed by atoms with Crippen molar-refractivity contribution in [3.8, 4) is 5.75 Å². The molecule has 7 heteroatoms. The SMILES string of the molecule is NNc1cn2ccnc2c(NCCOc2ccccc2)n1. The molecule has 21 heavy (non-hydrogen) atoms. The van der Waals surface area contributed by atoms with Gasteiger partial charge in [-0.2, -0.15) is 0 Å². The molecule has 108 valence electrons. The molecule has 0 radical (unpaired) electrons. The molecule has 4 N–H and O–H groups in total. The Morgan fingerprint density at radius 3 is 2.90 bits per heavy atom. The molecule has 3 aromatic rings. The number of rotatable bonds is 6. The summed E-state index contributed by atoms with van der Waals surface area (Å²) in [5.41, 5.74) is 3.28. The summed E-state index contributed by atoms with van der Waals surface area (Å²) in [6.45, 7) is 1.14. The fourth-order valence-corrected chi connectivity index (χ4v) is 1.97. The molecule has 0 spiro atoms. The lowest BCUT2D eigenvalue weighted by Crippen LogP contribution is -2.15. The maximum Gasteiger partial charge on any atom is 0.180 e. The molecule has 0 atom stereocenters. The van der Waals surface area contributed by atoms with Gasteiger partial charge in [0, 0.05) is 12.4 Å². The Morgan fingerprint density at radius 2 is 2.10 bits per heavy atom. The lowest BCUT2D eigenvalue weighted by atomic mass is 10.3. The molecule has 1 aromatic carbocycles. The molecule has 0 saturated carbocycles. The van der Waals surface area contributed by atoms with Gasteiger partial charge in [-0.25, -0.2) is 15.8 Å². The number of ether oxygens (including phenoxy) is 1. The quantitative estimate of drug-likeness (QED) is 0.361. The van der Waals surface area contributed by atoms with Crippen LogP contribution in [0, 0.1) is 0 Å². The van der Waals surface area contributed by atoms with Crippen molar-refractivity contribution in [1.29, 1.82) is 0 Å². The molecule has 0 aliphatic carbocycles. The number of aromatic nitrogens is 3. The maximum absolute atomic E-state index is 5.62. The number of hydrazine groups is 1. The predicted molar refractivity (Wildman–Crippen MR) is 81.2 cm³/mol. The molecule has 0 unspecified atom stereocenters. The third-order valence-electron chi connectivity index (χ3n) is 2.93. The molecular formula is C14H16N6O. The molecule has 0 bridgehead atoms. The number of fused-ring (bicyclic) bond motifs is 1. The second kappa shape index (κ2) is 6.10. The summed E-state index contributed by atoms with van der Waals surface area (Å²) in [4.78, 5) is 8.61. The molecule has 0 saturated heterocycles. The van der Waals surface area contributed by atoms with Crippen molar-refractivity contribution in [1.82, 2.24) is 14.4 Å². The highest BCUT2D eigenvalue weighted by molar-refractivity contribution is 5.65. The van der Waals surface area contributed by atoms with Gasteiger partial charge in [-0.15, -0.1) is 0 Å². The van der Waals surface area contributed by atoms with E-state index < -0.39 is 0 Å². The van der Waals surface area contributed by atoms with Crippen molar-refractivity contribution in [2.24, 2.45) is 5.84 Å². The lowest BCUT2D eigenvalue weighted by Gasteiger charge is -2.10. The Morgan fingerprint density at radius 1 is 1.24 bits per heavy atom. The van der Waals surface area contributed by atoms with E-state index >= 15 is 0 Å². The molecule has 2 heterocycles. The van der Waals surface area contributed by atoms with Crippen LogP contribution in [0.4, 0.5) is 11.6 Å². The van der Waals surface area contributed by atoms with Crippen LogP contribution >= 0.6 is 0 Å². The van der Waals surface area contributed by atoms with Gasteiger partial charge in [-0.1, -0.05) is 18.2 Å². The van der Waals surface area contributed by atoms with Crippen molar-refractivity contribution in [3.63, 3.8) is 0 Å². The largest absolute Gasteiger partial charge is 0.492 e. The molecule has 0 aliphatic heterocycles. The number of nitrogens with one attached hydrogen (secondary N) is 2. The predicted octanol–water partition coefficient (Wildman–Crippen LogP) is 1.51. The maximum atomic E-state index is 5.62. The monoisotopic (exact) mass is 284 g/mol. The summed E-state index contributed by atoms with van der Waals surface area (Å²) in [6, 6.07) is 9.67. The number of para-hydroxylation sites is 1. The minimum absolute atomic E-state index is 0.527. The third kappa shape index (κ3) is 3.03. The minimum atomic E-state index is 0.527.